The SMILES string of the molecule is CCCCCCCCCCCCCCCC(=O)Oc1c(C)c(C)c2c(c1C)CC[C@@](C)(CCC[C@H](C)CCC[C@H](C)CCCC(C)C)O2. The average Bonchev–Trinajstić information content (AvgIpc) is 3.04. The van der Waals surface area contributed by atoms with E-state index in [4.69, 9.17) is 9.47 Å². The Hall–Kier alpha value is -1.51. The van der Waals surface area contributed by atoms with E-state index in [0.29, 0.717) is 6.42 Å². The zero-order chi connectivity index (χ0) is 35.4. The first kappa shape index (κ1) is 42.7. The van der Waals surface area contributed by atoms with E-state index in [0.717, 1.165) is 78.0 Å². The molecule has 48 heavy (non-hydrogen) atoms. The highest BCUT2D eigenvalue weighted by Crippen LogP contribution is 2.45. The van der Waals surface area contributed by atoms with Gasteiger partial charge in [-0.25, -0.2) is 0 Å². The zero-order valence-electron chi connectivity index (χ0n) is 33.6. The lowest BCUT2D eigenvalue weighted by atomic mass is 9.83. The number of esters is 1. The highest BCUT2D eigenvalue weighted by molar-refractivity contribution is 5.74. The first-order valence-electron chi connectivity index (χ1n) is 21.0. The Bertz CT molecular complexity index is 1030. The molecule has 0 aliphatic carbocycles. The molecule has 3 nitrogen and oxygen atoms in total. The Morgan fingerprint density at radius 1 is 0.667 bits per heavy atom. The number of carbonyl (C=O) groups excluding carboxylic acids is 1. The van der Waals surface area contributed by atoms with Gasteiger partial charge in [-0.3, -0.25) is 4.79 Å². The van der Waals surface area contributed by atoms with E-state index in [1.807, 2.05) is 0 Å². The number of unbranched alkanes of at least 4 members (excludes halogenated alkanes) is 12. The van der Waals surface area contributed by atoms with Crippen LogP contribution in [0.4, 0.5) is 0 Å². The standard InChI is InChI=1S/C45H80O3/c1-10-11-12-13-14-15-16-17-18-19-20-21-22-31-42(46)47-43-38(6)39(7)44-41(40(43)8)32-34-45(9,48-44)33-25-30-37(5)29-24-28-36(4)27-23-26-35(2)3/h35-37H,10-34H2,1-9H3/t36-,37-,45-/m1/s1. The van der Waals surface area contributed by atoms with Crippen molar-refractivity contribution in [1.82, 2.24) is 0 Å². The molecule has 0 fully saturated rings. The van der Waals surface area contributed by atoms with Crippen molar-refractivity contribution < 1.29 is 14.3 Å². The van der Waals surface area contributed by atoms with Crippen LogP contribution in [0, 0.1) is 38.5 Å². The molecule has 2 rings (SSSR count). The first-order valence-corrected chi connectivity index (χ1v) is 21.0. The fourth-order valence-corrected chi connectivity index (χ4v) is 7.87. The maximum Gasteiger partial charge on any atom is 0.311 e. The van der Waals surface area contributed by atoms with E-state index in [2.05, 4.69) is 62.3 Å². The summed E-state index contributed by atoms with van der Waals surface area (Å²) in [6, 6.07) is 0. The number of rotatable bonds is 27. The molecule has 0 saturated heterocycles. The number of ether oxygens (including phenoxy) is 2. The number of hydrogen-bond acceptors (Lipinski definition) is 3. The summed E-state index contributed by atoms with van der Waals surface area (Å²) in [4.78, 5) is 12.9. The highest BCUT2D eigenvalue weighted by atomic mass is 16.5. The van der Waals surface area contributed by atoms with Gasteiger partial charge in [0.2, 0.25) is 0 Å². The lowest BCUT2D eigenvalue weighted by molar-refractivity contribution is -0.134. The molecule has 1 aromatic rings. The highest BCUT2D eigenvalue weighted by Gasteiger charge is 2.34. The molecule has 0 saturated carbocycles. The molecular formula is C45H80O3. The topological polar surface area (TPSA) is 35.5 Å². The van der Waals surface area contributed by atoms with Crippen molar-refractivity contribution in [1.29, 1.82) is 0 Å². The fraction of sp³-hybridized carbons (Fsp3) is 0.844. The van der Waals surface area contributed by atoms with E-state index < -0.39 is 0 Å². The number of benzene rings is 1. The normalized spacial score (nSPS) is 17.3. The smallest absolute Gasteiger partial charge is 0.311 e. The van der Waals surface area contributed by atoms with Crippen molar-refractivity contribution in [2.45, 2.75) is 228 Å². The third-order valence-corrected chi connectivity index (χ3v) is 11.5. The van der Waals surface area contributed by atoms with Gasteiger partial charge < -0.3 is 9.47 Å². The molecule has 1 aliphatic rings. The van der Waals surface area contributed by atoms with E-state index in [-0.39, 0.29) is 11.6 Å². The molecule has 1 heterocycles. The van der Waals surface area contributed by atoms with Gasteiger partial charge in [0.25, 0.3) is 0 Å². The molecule has 0 N–H and O–H groups in total. The van der Waals surface area contributed by atoms with E-state index in [1.54, 1.807) is 0 Å². The molecule has 1 aliphatic heterocycles. The van der Waals surface area contributed by atoms with Crippen LogP contribution in [0.5, 0.6) is 11.5 Å². The number of carbonyl (C=O) groups is 1. The molecule has 278 valence electrons. The van der Waals surface area contributed by atoms with Crippen molar-refractivity contribution in [2.75, 3.05) is 0 Å². The second kappa shape index (κ2) is 23.8. The molecule has 3 atom stereocenters. The fourth-order valence-electron chi connectivity index (χ4n) is 7.87. The van der Waals surface area contributed by atoms with Crippen LogP contribution in [0.15, 0.2) is 0 Å². The second-order valence-electron chi connectivity index (χ2n) is 16.9. The summed E-state index contributed by atoms with van der Waals surface area (Å²) in [6.45, 7) is 20.5. The Labute approximate surface area is 299 Å². The Kier molecular flexibility index (Phi) is 21.2. The van der Waals surface area contributed by atoms with Gasteiger partial charge in [-0.05, 0) is 94.2 Å². The van der Waals surface area contributed by atoms with E-state index in [1.165, 1.54) is 128 Å². The zero-order valence-corrected chi connectivity index (χ0v) is 33.6. The largest absolute Gasteiger partial charge is 0.487 e. The Balaban J connectivity index is 1.70. The molecule has 0 aromatic heterocycles. The summed E-state index contributed by atoms with van der Waals surface area (Å²) in [5, 5.41) is 0. The van der Waals surface area contributed by atoms with Gasteiger partial charge in [0.1, 0.15) is 17.1 Å². The van der Waals surface area contributed by atoms with Gasteiger partial charge in [0.05, 0.1) is 0 Å². The second-order valence-corrected chi connectivity index (χ2v) is 16.9. The summed E-state index contributed by atoms with van der Waals surface area (Å²) in [6.07, 6.45) is 31.5. The third kappa shape index (κ3) is 16.5. The average molecular weight is 669 g/mol. The van der Waals surface area contributed by atoms with Crippen molar-refractivity contribution in [3.05, 3.63) is 22.3 Å². The molecule has 0 spiro atoms. The maximum absolute atomic E-state index is 12.9. The molecule has 0 unspecified atom stereocenters. The summed E-state index contributed by atoms with van der Waals surface area (Å²) >= 11 is 0. The van der Waals surface area contributed by atoms with Crippen LogP contribution < -0.4 is 9.47 Å². The van der Waals surface area contributed by atoms with Crippen LogP contribution in [-0.4, -0.2) is 11.6 Å². The summed E-state index contributed by atoms with van der Waals surface area (Å²) in [7, 11) is 0. The van der Waals surface area contributed by atoms with Gasteiger partial charge in [0.15, 0.2) is 0 Å². The summed E-state index contributed by atoms with van der Waals surface area (Å²) in [5.41, 5.74) is 4.42. The van der Waals surface area contributed by atoms with Crippen LogP contribution in [0.1, 0.15) is 218 Å². The quantitative estimate of drug-likeness (QED) is 0.0532. The number of fused-ring (bicyclic) bond motifs is 1. The van der Waals surface area contributed by atoms with Gasteiger partial charge in [-0.15, -0.1) is 0 Å². The number of hydrogen-bond donors (Lipinski definition) is 0. The molecule has 0 amide bonds. The summed E-state index contributed by atoms with van der Waals surface area (Å²) in [5.74, 6) is 4.24. The molecule has 1 aromatic carbocycles. The van der Waals surface area contributed by atoms with Crippen LogP contribution in [0.2, 0.25) is 0 Å². The van der Waals surface area contributed by atoms with Crippen LogP contribution >= 0.6 is 0 Å². The van der Waals surface area contributed by atoms with Gasteiger partial charge in [-0.1, -0.05) is 157 Å². The van der Waals surface area contributed by atoms with Crippen LogP contribution in [-0.2, 0) is 11.2 Å². The molecule has 0 bridgehead atoms. The van der Waals surface area contributed by atoms with E-state index >= 15 is 0 Å². The Morgan fingerprint density at radius 3 is 1.71 bits per heavy atom. The monoisotopic (exact) mass is 669 g/mol. The minimum absolute atomic E-state index is 0.0834. The van der Waals surface area contributed by atoms with Gasteiger partial charge in [-0.2, -0.15) is 0 Å². The molecule has 0 radical (unpaired) electrons. The lowest BCUT2D eigenvalue weighted by Gasteiger charge is -2.38. The lowest BCUT2D eigenvalue weighted by Crippen LogP contribution is -2.37. The maximum atomic E-state index is 12.9. The molecule has 3 heteroatoms. The van der Waals surface area contributed by atoms with Gasteiger partial charge in [0, 0.05) is 12.0 Å². The third-order valence-electron chi connectivity index (χ3n) is 11.5. The van der Waals surface area contributed by atoms with Crippen molar-refractivity contribution in [3.63, 3.8) is 0 Å². The van der Waals surface area contributed by atoms with Crippen molar-refractivity contribution in [3.8, 4) is 11.5 Å². The van der Waals surface area contributed by atoms with Gasteiger partial charge >= 0.3 is 5.97 Å². The first-order chi connectivity index (χ1) is 23.0. The molecular weight excluding hydrogens is 588 g/mol. The van der Waals surface area contributed by atoms with Crippen molar-refractivity contribution >= 4 is 5.97 Å². The Morgan fingerprint density at radius 2 is 1.17 bits per heavy atom. The van der Waals surface area contributed by atoms with Crippen LogP contribution in [0.25, 0.3) is 0 Å². The van der Waals surface area contributed by atoms with Crippen molar-refractivity contribution in [2.24, 2.45) is 17.8 Å². The van der Waals surface area contributed by atoms with Crippen LogP contribution in [0.3, 0.4) is 0 Å². The predicted octanol–water partition coefficient (Wildman–Crippen LogP) is 14.5. The summed E-state index contributed by atoms with van der Waals surface area (Å²) < 4.78 is 12.9. The minimum Gasteiger partial charge on any atom is -0.487 e. The minimum atomic E-state index is -0.117. The predicted molar refractivity (Wildman–Crippen MR) is 209 cm³/mol. The van der Waals surface area contributed by atoms with E-state index in [9.17, 15) is 4.79 Å².